The van der Waals surface area contributed by atoms with Crippen molar-refractivity contribution >= 4 is 23.1 Å². The van der Waals surface area contributed by atoms with E-state index in [1.165, 1.54) is 39.2 Å². The number of likely N-dealkylation sites (N-methyl/N-ethyl adjacent to an activating group) is 1. The van der Waals surface area contributed by atoms with E-state index in [0.717, 1.165) is 16.9 Å². The average Bonchev–Trinajstić information content (AvgIpc) is 3.02. The Kier molecular flexibility index (Phi) is 10.8. The number of amides is 1. The number of allylic oxidation sites excluding steroid dienone is 2. The molecule has 1 amide bonds. The summed E-state index contributed by atoms with van der Waals surface area (Å²) < 4.78 is 101. The van der Waals surface area contributed by atoms with Crippen LogP contribution in [0.3, 0.4) is 0 Å². The van der Waals surface area contributed by atoms with Crippen molar-refractivity contribution in [2.24, 2.45) is 5.92 Å². The van der Waals surface area contributed by atoms with Gasteiger partial charge in [-0.1, -0.05) is 12.1 Å². The second kappa shape index (κ2) is 14.1. The van der Waals surface area contributed by atoms with Crippen molar-refractivity contribution in [2.75, 3.05) is 18.6 Å². The summed E-state index contributed by atoms with van der Waals surface area (Å²) in [6.07, 6.45) is -3.47. The van der Waals surface area contributed by atoms with Crippen molar-refractivity contribution in [2.45, 2.75) is 77.6 Å². The van der Waals surface area contributed by atoms with Gasteiger partial charge in [-0.3, -0.25) is 14.6 Å². The molecule has 12 heteroatoms. The zero-order chi connectivity index (χ0) is 35.6. The van der Waals surface area contributed by atoms with Gasteiger partial charge in [-0.05, 0) is 118 Å². The van der Waals surface area contributed by atoms with Gasteiger partial charge in [0.25, 0.3) is 0 Å². The smallest absolute Gasteiger partial charge is 0.416 e. The van der Waals surface area contributed by atoms with Crippen molar-refractivity contribution in [3.63, 3.8) is 0 Å². The van der Waals surface area contributed by atoms with Crippen LogP contribution >= 0.6 is 0 Å². The molecule has 5 nitrogen and oxygen atoms in total. The average molecular weight is 679 g/mol. The molecule has 0 N–H and O–H groups in total. The quantitative estimate of drug-likeness (QED) is 0.167. The molecule has 0 radical (unpaired) electrons. The van der Waals surface area contributed by atoms with Gasteiger partial charge < -0.3 is 9.64 Å². The lowest BCUT2D eigenvalue weighted by atomic mass is 9.81. The number of aromatic nitrogens is 1. The summed E-state index contributed by atoms with van der Waals surface area (Å²) in [5, 5.41) is 0. The lowest BCUT2D eigenvalue weighted by molar-refractivity contribution is -0.144. The molecule has 0 bridgehead atoms. The molecule has 3 aromatic rings. The molecular weight excluding hydrogens is 641 g/mol. The van der Waals surface area contributed by atoms with Gasteiger partial charge in [-0.2, -0.15) is 26.3 Å². The first-order valence-corrected chi connectivity index (χ1v) is 15.5. The van der Waals surface area contributed by atoms with Gasteiger partial charge in [0.05, 0.1) is 40.7 Å². The number of halogens is 7. The monoisotopic (exact) mass is 678 g/mol. The number of hydrogen-bond donors (Lipinski definition) is 0. The Morgan fingerprint density at radius 3 is 2.10 bits per heavy atom. The lowest BCUT2D eigenvalue weighted by Crippen LogP contribution is -2.42. The van der Waals surface area contributed by atoms with Gasteiger partial charge >= 0.3 is 18.3 Å². The Labute approximate surface area is 274 Å². The molecule has 258 valence electrons. The molecular formula is C36H37F7N2O3. The number of carbonyl (C=O) groups excluding carboxylic acids is 2. The summed E-state index contributed by atoms with van der Waals surface area (Å²) in [6.45, 7) is 6.29. The minimum Gasteiger partial charge on any atom is -0.466 e. The highest BCUT2D eigenvalue weighted by Gasteiger charge is 2.41. The van der Waals surface area contributed by atoms with Crippen molar-refractivity contribution < 1.29 is 45.1 Å². The van der Waals surface area contributed by atoms with Crippen LogP contribution in [0.4, 0.5) is 36.4 Å². The fraction of sp³-hybridized carbons (Fsp3) is 0.417. The topological polar surface area (TPSA) is 59.5 Å². The molecule has 1 heterocycles. The van der Waals surface area contributed by atoms with Crippen LogP contribution in [0.1, 0.15) is 80.8 Å². The molecule has 48 heavy (non-hydrogen) atoms. The maximum atomic E-state index is 14.1. The minimum atomic E-state index is -5.08. The van der Waals surface area contributed by atoms with E-state index in [0.29, 0.717) is 66.8 Å². The fourth-order valence-corrected chi connectivity index (χ4v) is 5.94. The number of carbonyl (C=O) groups is 2. The van der Waals surface area contributed by atoms with Gasteiger partial charge in [0.2, 0.25) is 5.91 Å². The third kappa shape index (κ3) is 8.25. The first-order chi connectivity index (χ1) is 22.3. The summed E-state index contributed by atoms with van der Waals surface area (Å²) in [7, 11) is 1.37. The van der Waals surface area contributed by atoms with Gasteiger partial charge in [0.15, 0.2) is 0 Å². The van der Waals surface area contributed by atoms with Crippen LogP contribution < -0.4 is 4.90 Å². The van der Waals surface area contributed by atoms with Crippen LogP contribution in [0, 0.1) is 18.7 Å². The number of esters is 1. The zero-order valence-electron chi connectivity index (χ0n) is 27.3. The van der Waals surface area contributed by atoms with E-state index in [1.807, 2.05) is 6.08 Å². The standard InChI is InChI=1S/C36H37F7N2O3/c1-6-48-32(46)14-9-22-7-10-23(11-8-22)30-19-29(28-13-12-27(37)15-21(28)2)31(20-44-30)45(5)33(47)34(3,4)24-16-25(35(38,39)40)18-26(17-24)36(41,42)43/h10,12-13,15-20,22H,6-9,11,14H2,1-5H3. The summed E-state index contributed by atoms with van der Waals surface area (Å²) in [6, 6.07) is 7.01. The Morgan fingerprint density at radius 1 is 0.938 bits per heavy atom. The number of hydrogen-bond acceptors (Lipinski definition) is 4. The van der Waals surface area contributed by atoms with Gasteiger partial charge in [0.1, 0.15) is 5.82 Å². The maximum absolute atomic E-state index is 14.1. The third-order valence-electron chi connectivity index (χ3n) is 8.78. The number of aryl methyl sites for hydroxylation is 1. The summed E-state index contributed by atoms with van der Waals surface area (Å²) in [5.41, 5.74) is -1.98. The Bertz CT molecular complexity index is 1680. The van der Waals surface area contributed by atoms with Crippen molar-refractivity contribution in [1.82, 2.24) is 4.98 Å². The molecule has 4 rings (SSSR count). The van der Waals surface area contributed by atoms with Gasteiger partial charge in [-0.15, -0.1) is 0 Å². The molecule has 1 aliphatic carbocycles. The number of alkyl halides is 6. The molecule has 0 saturated heterocycles. The van der Waals surface area contributed by atoms with Crippen LogP contribution in [0.2, 0.25) is 0 Å². The Hall–Kier alpha value is -4.22. The van der Waals surface area contributed by atoms with E-state index in [1.54, 1.807) is 26.0 Å². The van der Waals surface area contributed by atoms with Crippen molar-refractivity contribution in [1.29, 1.82) is 0 Å². The molecule has 1 atom stereocenters. The summed E-state index contributed by atoms with van der Waals surface area (Å²) >= 11 is 0. The zero-order valence-corrected chi connectivity index (χ0v) is 27.3. The lowest BCUT2D eigenvalue weighted by Gasteiger charge is -2.32. The van der Waals surface area contributed by atoms with Crippen molar-refractivity contribution in [3.8, 4) is 11.1 Å². The molecule has 1 unspecified atom stereocenters. The first-order valence-electron chi connectivity index (χ1n) is 15.5. The van der Waals surface area contributed by atoms with E-state index >= 15 is 0 Å². The number of anilines is 1. The van der Waals surface area contributed by atoms with E-state index in [9.17, 15) is 40.3 Å². The molecule has 0 spiro atoms. The van der Waals surface area contributed by atoms with Crippen molar-refractivity contribution in [3.05, 3.63) is 88.5 Å². The molecule has 1 aliphatic rings. The predicted molar refractivity (Wildman–Crippen MR) is 168 cm³/mol. The summed E-state index contributed by atoms with van der Waals surface area (Å²) in [4.78, 5) is 31.6. The minimum absolute atomic E-state index is 0.0222. The van der Waals surface area contributed by atoms with E-state index in [4.69, 9.17) is 4.74 Å². The molecule has 0 saturated carbocycles. The predicted octanol–water partition coefficient (Wildman–Crippen LogP) is 9.70. The highest BCUT2D eigenvalue weighted by Crippen LogP contribution is 2.42. The Morgan fingerprint density at radius 2 is 1.56 bits per heavy atom. The number of benzene rings is 2. The second-order valence-electron chi connectivity index (χ2n) is 12.5. The van der Waals surface area contributed by atoms with Crippen LogP contribution in [-0.2, 0) is 32.1 Å². The Balaban J connectivity index is 1.73. The molecule has 0 fully saturated rings. The SMILES string of the molecule is CCOC(=O)CCC1CC=C(c2cc(-c3ccc(F)cc3C)c(N(C)C(=O)C(C)(C)c3cc(C(F)(F)F)cc(C(F)(F)F)c3)cn2)CC1. The normalized spacial score (nSPS) is 15.6. The fourth-order valence-electron chi connectivity index (χ4n) is 5.94. The van der Waals surface area contributed by atoms with E-state index in [-0.39, 0.29) is 23.6 Å². The van der Waals surface area contributed by atoms with Crippen LogP contribution in [0.15, 0.2) is 54.7 Å². The van der Waals surface area contributed by atoms with Gasteiger partial charge in [0, 0.05) is 19.0 Å². The second-order valence-corrected chi connectivity index (χ2v) is 12.5. The number of nitrogens with zero attached hydrogens (tertiary/aromatic N) is 2. The van der Waals surface area contributed by atoms with Crippen LogP contribution in [0.5, 0.6) is 0 Å². The molecule has 0 aliphatic heterocycles. The number of pyridine rings is 1. The highest BCUT2D eigenvalue weighted by molar-refractivity contribution is 6.03. The molecule has 1 aromatic heterocycles. The number of ether oxygens (including phenoxy) is 1. The van der Waals surface area contributed by atoms with Crippen LogP contribution in [-0.4, -0.2) is 30.5 Å². The third-order valence-corrected chi connectivity index (χ3v) is 8.78. The van der Waals surface area contributed by atoms with Gasteiger partial charge in [-0.25, -0.2) is 4.39 Å². The summed E-state index contributed by atoms with van der Waals surface area (Å²) in [5.74, 6) is -1.21. The number of rotatable bonds is 9. The van der Waals surface area contributed by atoms with Crippen LogP contribution in [0.25, 0.3) is 16.7 Å². The van der Waals surface area contributed by atoms with E-state index < -0.39 is 46.2 Å². The molecule has 2 aromatic carbocycles. The largest absolute Gasteiger partial charge is 0.466 e. The van der Waals surface area contributed by atoms with E-state index in [2.05, 4.69) is 4.98 Å². The maximum Gasteiger partial charge on any atom is 0.416 e. The first kappa shape index (κ1) is 36.6. The highest BCUT2D eigenvalue weighted by atomic mass is 19.4.